The van der Waals surface area contributed by atoms with Gasteiger partial charge in [0, 0.05) is 0 Å². The zero-order valence-electron chi connectivity index (χ0n) is 14.8. The van der Waals surface area contributed by atoms with E-state index in [-0.39, 0.29) is 12.4 Å². The van der Waals surface area contributed by atoms with Crippen LogP contribution in [0.1, 0.15) is 26.2 Å². The molecule has 0 fully saturated rings. The maximum atomic E-state index is 2.33. The van der Waals surface area contributed by atoms with E-state index in [1.165, 1.54) is 41.3 Å². The van der Waals surface area contributed by atoms with Crippen LogP contribution in [0.25, 0.3) is 0 Å². The molecule has 0 aliphatic rings. The molecule has 0 unspecified atom stereocenters. The van der Waals surface area contributed by atoms with E-state index in [4.69, 9.17) is 0 Å². The molecule has 0 heterocycles. The van der Waals surface area contributed by atoms with Crippen molar-refractivity contribution in [1.82, 2.24) is 0 Å². The average molecular weight is 370 g/mol. The van der Waals surface area contributed by atoms with E-state index in [1.807, 2.05) is 0 Å². The quantitative estimate of drug-likeness (QED) is 0.376. The van der Waals surface area contributed by atoms with Gasteiger partial charge in [0.2, 0.25) is 0 Å². The maximum absolute atomic E-state index is 2.33. The van der Waals surface area contributed by atoms with Crippen molar-refractivity contribution >= 4 is 35.6 Å². The summed E-state index contributed by atoms with van der Waals surface area (Å²) in [6.07, 6.45) is 5.09. The van der Waals surface area contributed by atoms with Crippen LogP contribution in [0.2, 0.25) is 0 Å². The highest BCUT2D eigenvalue weighted by Gasteiger charge is 2.44. The molecular weight excluding hydrogens is 343 g/mol. The lowest BCUT2D eigenvalue weighted by molar-refractivity contribution is 0.776. The second-order valence-corrected chi connectivity index (χ2v) is 9.86. The molecule has 0 aliphatic heterocycles. The Morgan fingerprint density at radius 2 is 0.920 bits per heavy atom. The van der Waals surface area contributed by atoms with Gasteiger partial charge >= 0.3 is 0 Å². The lowest BCUT2D eigenvalue weighted by Gasteiger charge is -2.27. The molecule has 0 amide bonds. The Kier molecular flexibility index (Phi) is 7.69. The van der Waals surface area contributed by atoms with Crippen LogP contribution in [0, 0.1) is 0 Å². The monoisotopic (exact) mass is 369 g/mol. The van der Waals surface area contributed by atoms with Crippen molar-refractivity contribution in [3.8, 4) is 0 Å². The molecule has 130 valence electrons. The van der Waals surface area contributed by atoms with Crippen LogP contribution in [0.4, 0.5) is 0 Å². The van der Waals surface area contributed by atoms with Crippen LogP contribution in [0.5, 0.6) is 0 Å². The van der Waals surface area contributed by atoms with Gasteiger partial charge in [0.25, 0.3) is 0 Å². The summed E-state index contributed by atoms with van der Waals surface area (Å²) in [6, 6.07) is 33.5. The van der Waals surface area contributed by atoms with Crippen LogP contribution in [0.3, 0.4) is 0 Å². The third-order valence-electron chi connectivity index (χ3n) is 4.69. The van der Waals surface area contributed by atoms with Crippen molar-refractivity contribution in [3.63, 3.8) is 0 Å². The first kappa shape index (κ1) is 19.7. The smallest absolute Gasteiger partial charge is 0.112 e. The van der Waals surface area contributed by atoms with E-state index < -0.39 is 7.26 Å². The maximum Gasteiger partial charge on any atom is 0.112 e. The highest BCUT2D eigenvalue weighted by Crippen LogP contribution is 2.55. The number of benzene rings is 3. The molecule has 0 saturated heterocycles. The van der Waals surface area contributed by atoms with Gasteiger partial charge in [-0.2, -0.15) is 0 Å². The van der Waals surface area contributed by atoms with Gasteiger partial charge in [0.05, 0.1) is 6.16 Å². The van der Waals surface area contributed by atoms with Crippen molar-refractivity contribution in [3.05, 3.63) is 91.0 Å². The summed E-state index contributed by atoms with van der Waals surface area (Å²) in [7, 11) is -1.58. The molecule has 0 aliphatic carbocycles. The minimum absolute atomic E-state index is 0. The van der Waals surface area contributed by atoms with Crippen LogP contribution in [-0.4, -0.2) is 6.16 Å². The predicted molar refractivity (Wildman–Crippen MR) is 117 cm³/mol. The molecule has 2 heteroatoms. The fourth-order valence-electron chi connectivity index (χ4n) is 3.48. The van der Waals surface area contributed by atoms with Gasteiger partial charge in [0.1, 0.15) is 23.2 Å². The van der Waals surface area contributed by atoms with E-state index in [9.17, 15) is 0 Å². The fraction of sp³-hybridized carbons (Fsp3) is 0.217. The van der Waals surface area contributed by atoms with Crippen molar-refractivity contribution in [2.75, 3.05) is 6.16 Å². The molecule has 0 radical (unpaired) electrons. The molecule has 3 aromatic carbocycles. The van der Waals surface area contributed by atoms with E-state index in [0.29, 0.717) is 0 Å². The third-order valence-corrected chi connectivity index (χ3v) is 9.21. The van der Waals surface area contributed by atoms with Crippen LogP contribution < -0.4 is 15.9 Å². The zero-order chi connectivity index (χ0) is 16.7. The number of hydrogen-bond donors (Lipinski definition) is 0. The van der Waals surface area contributed by atoms with Gasteiger partial charge in [-0.1, -0.05) is 74.4 Å². The predicted octanol–water partition coefficient (Wildman–Crippen LogP) is 5.59. The van der Waals surface area contributed by atoms with E-state index >= 15 is 0 Å². The minimum atomic E-state index is -1.58. The summed E-state index contributed by atoms with van der Waals surface area (Å²) in [5, 5.41) is 4.50. The van der Waals surface area contributed by atoms with Crippen molar-refractivity contribution in [1.29, 1.82) is 0 Å². The Hall–Kier alpha value is -1.62. The Morgan fingerprint density at radius 3 is 1.24 bits per heavy atom. The minimum Gasteiger partial charge on any atom is -0.147 e. The number of halogens is 1. The highest BCUT2D eigenvalue weighted by atomic mass is 35.5. The van der Waals surface area contributed by atoms with Gasteiger partial charge in [-0.25, -0.2) is 0 Å². The van der Waals surface area contributed by atoms with Crippen molar-refractivity contribution < 1.29 is 0 Å². The number of rotatable bonds is 7. The molecule has 0 N–H and O–H groups in total. The highest BCUT2D eigenvalue weighted by molar-refractivity contribution is 7.95. The summed E-state index contributed by atoms with van der Waals surface area (Å²) >= 11 is 0. The summed E-state index contributed by atoms with van der Waals surface area (Å²) < 4.78 is 0. The van der Waals surface area contributed by atoms with Crippen LogP contribution in [-0.2, 0) is 0 Å². The Labute approximate surface area is 159 Å². The lowest BCUT2D eigenvalue weighted by atomic mass is 10.3. The zero-order valence-corrected chi connectivity index (χ0v) is 16.6. The fourth-order valence-corrected chi connectivity index (χ4v) is 7.89. The first-order chi connectivity index (χ1) is 11.9. The molecular formula is C23H27ClP+. The SMILES string of the molecule is CCCCC[P+](c1ccccc1)(c1ccccc1)c1ccccc1.Cl. The topological polar surface area (TPSA) is 0 Å². The molecule has 0 saturated carbocycles. The van der Waals surface area contributed by atoms with E-state index in [1.54, 1.807) is 0 Å². The molecule has 0 nitrogen and oxygen atoms in total. The van der Waals surface area contributed by atoms with Gasteiger partial charge in [0.15, 0.2) is 0 Å². The number of hydrogen-bond acceptors (Lipinski definition) is 0. The average Bonchev–Trinajstić information content (AvgIpc) is 2.68. The van der Waals surface area contributed by atoms with Gasteiger partial charge < -0.3 is 0 Å². The Morgan fingerprint density at radius 1 is 0.560 bits per heavy atom. The van der Waals surface area contributed by atoms with Gasteiger partial charge in [-0.15, -0.1) is 12.4 Å². The molecule has 0 atom stereocenters. The third kappa shape index (κ3) is 4.32. The summed E-state index contributed by atoms with van der Waals surface area (Å²) in [5.74, 6) is 0. The first-order valence-corrected chi connectivity index (χ1v) is 10.9. The van der Waals surface area contributed by atoms with Gasteiger partial charge in [-0.3, -0.25) is 0 Å². The summed E-state index contributed by atoms with van der Waals surface area (Å²) in [5.41, 5.74) is 0. The number of unbranched alkanes of at least 4 members (excludes halogenated alkanes) is 2. The Bertz CT molecular complexity index is 629. The van der Waals surface area contributed by atoms with Crippen molar-refractivity contribution in [2.45, 2.75) is 26.2 Å². The molecule has 0 spiro atoms. The molecule has 0 bridgehead atoms. The largest absolute Gasteiger partial charge is 0.147 e. The lowest BCUT2D eigenvalue weighted by Crippen LogP contribution is -2.33. The molecule has 25 heavy (non-hydrogen) atoms. The Balaban J connectivity index is 0.00000225. The van der Waals surface area contributed by atoms with E-state index in [2.05, 4.69) is 97.9 Å². The van der Waals surface area contributed by atoms with Crippen LogP contribution >= 0.6 is 19.7 Å². The summed E-state index contributed by atoms with van der Waals surface area (Å²) in [6.45, 7) is 2.29. The molecule has 3 rings (SSSR count). The van der Waals surface area contributed by atoms with Crippen LogP contribution in [0.15, 0.2) is 91.0 Å². The van der Waals surface area contributed by atoms with Crippen molar-refractivity contribution in [2.24, 2.45) is 0 Å². The standard InChI is InChI=1S/C23H26P.ClH/c1-2-3-13-20-24(21-14-7-4-8-15-21,22-16-9-5-10-17-22)23-18-11-6-12-19-23;/h4-12,14-19H,2-3,13,20H2,1H3;1H/q+1;. The first-order valence-electron chi connectivity index (χ1n) is 8.93. The summed E-state index contributed by atoms with van der Waals surface area (Å²) in [4.78, 5) is 0. The second kappa shape index (κ2) is 9.76. The second-order valence-electron chi connectivity index (χ2n) is 6.25. The van der Waals surface area contributed by atoms with Gasteiger partial charge in [-0.05, 0) is 42.8 Å². The van der Waals surface area contributed by atoms with E-state index in [0.717, 1.165) is 0 Å². The molecule has 3 aromatic rings. The molecule has 0 aromatic heterocycles. The normalized spacial score (nSPS) is 10.9.